The number of alkyl halides is 1. The quantitative estimate of drug-likeness (QED) is 0.256. The normalized spacial score (nSPS) is 24.3. The highest BCUT2D eigenvalue weighted by molar-refractivity contribution is 5.77. The third-order valence-corrected chi connectivity index (χ3v) is 6.38. The van der Waals surface area contributed by atoms with Gasteiger partial charge in [0.2, 0.25) is 18.1 Å². The van der Waals surface area contributed by atoms with E-state index in [0.29, 0.717) is 19.3 Å². The number of halogens is 1. The summed E-state index contributed by atoms with van der Waals surface area (Å²) in [5.41, 5.74) is 2.81. The van der Waals surface area contributed by atoms with Gasteiger partial charge < -0.3 is 35.2 Å². The molecule has 37 heavy (non-hydrogen) atoms. The molecule has 0 bridgehead atoms. The summed E-state index contributed by atoms with van der Waals surface area (Å²) in [4.78, 5) is 12.1. The first-order chi connectivity index (χ1) is 17.5. The number of carbonyl (C=O) groups is 1. The van der Waals surface area contributed by atoms with Crippen LogP contribution in [0.25, 0.3) is 0 Å². The Bertz CT molecular complexity index is 1030. The molecule has 1 aromatic heterocycles. The van der Waals surface area contributed by atoms with Gasteiger partial charge >= 0.3 is 0 Å². The molecule has 206 valence electrons. The maximum atomic E-state index is 14.1. The summed E-state index contributed by atoms with van der Waals surface area (Å²) in [6.45, 7) is 6.66. The number of aliphatic hydroxyl groups excluding tert-OH is 4. The largest absolute Gasteiger partial charge is 0.443 e. The predicted octanol–water partition coefficient (Wildman–Crippen LogP) is 1.10. The highest BCUT2D eigenvalue weighted by Crippen LogP contribution is 2.31. The van der Waals surface area contributed by atoms with E-state index in [1.807, 2.05) is 38.1 Å². The molecule has 2 aromatic rings. The average molecular weight is 524 g/mol. The molecule has 0 radical (unpaired) electrons. The molecule has 10 nitrogen and oxygen atoms in total. The summed E-state index contributed by atoms with van der Waals surface area (Å²) < 4.78 is 25.2. The molecule has 1 aliphatic heterocycles. The van der Waals surface area contributed by atoms with E-state index < -0.39 is 42.9 Å². The van der Waals surface area contributed by atoms with E-state index in [-0.39, 0.29) is 24.3 Å². The molecule has 2 heterocycles. The van der Waals surface area contributed by atoms with Gasteiger partial charge in [-0.1, -0.05) is 38.1 Å². The molecule has 1 amide bonds. The second-order valence-corrected chi connectivity index (χ2v) is 10.4. The minimum Gasteiger partial charge on any atom is -0.443 e. The number of H-pyrrole nitrogens is 1. The van der Waals surface area contributed by atoms with Crippen LogP contribution in [-0.4, -0.2) is 86.1 Å². The van der Waals surface area contributed by atoms with Crippen LogP contribution < -0.4 is 10.1 Å². The van der Waals surface area contributed by atoms with Crippen molar-refractivity contribution in [3.63, 3.8) is 0 Å². The number of nitrogens with one attached hydrogen (secondary N) is 2. The predicted molar refractivity (Wildman–Crippen MR) is 133 cm³/mol. The van der Waals surface area contributed by atoms with Gasteiger partial charge in [0, 0.05) is 24.1 Å². The van der Waals surface area contributed by atoms with Gasteiger partial charge in [0.05, 0.1) is 18.8 Å². The van der Waals surface area contributed by atoms with Crippen molar-refractivity contribution in [2.24, 2.45) is 0 Å². The number of aliphatic hydroxyl groups is 4. The Morgan fingerprint density at radius 3 is 2.43 bits per heavy atom. The molecule has 11 heteroatoms. The molecule has 0 spiro atoms. The molecular formula is C26H38FN3O7. The Labute approximate surface area is 215 Å². The third kappa shape index (κ3) is 7.26. The minimum absolute atomic E-state index is 0.0732. The number of hydrogen-bond acceptors (Lipinski definition) is 8. The Morgan fingerprint density at radius 1 is 1.19 bits per heavy atom. The van der Waals surface area contributed by atoms with Crippen molar-refractivity contribution in [2.45, 2.75) is 89.2 Å². The van der Waals surface area contributed by atoms with Crippen molar-refractivity contribution in [1.29, 1.82) is 0 Å². The van der Waals surface area contributed by atoms with E-state index in [0.717, 1.165) is 22.4 Å². The maximum Gasteiger partial charge on any atom is 0.238 e. The van der Waals surface area contributed by atoms with E-state index in [1.165, 1.54) is 0 Å². The van der Waals surface area contributed by atoms with Crippen molar-refractivity contribution < 1.29 is 39.1 Å². The number of rotatable bonds is 11. The standard InChI is InChI=1S/C26H38FN3O7/c1-14(2)21-17(24(30-29-21)37-25-23(35)22(34)20(27)18(12-31)36-25)11-16-7-5-15(6-8-16)9-10-19(33)28-26(3,4)13-32/h5-8,14,18,20,22-23,25,31-32,34-35H,9-13H2,1-4H3,(H,28,33)(H,29,30). The van der Waals surface area contributed by atoms with Crippen molar-refractivity contribution in [3.05, 3.63) is 46.6 Å². The Hall–Kier alpha value is -2.57. The first kappa shape index (κ1) is 29.0. The summed E-state index contributed by atoms with van der Waals surface area (Å²) in [5, 5.41) is 48.9. The lowest BCUT2D eigenvalue weighted by molar-refractivity contribution is -0.265. The molecule has 0 aliphatic carbocycles. The molecule has 1 aromatic carbocycles. The highest BCUT2D eigenvalue weighted by Gasteiger charge is 2.46. The molecule has 1 saturated heterocycles. The number of nitrogens with zero attached hydrogens (tertiary/aromatic N) is 1. The van der Waals surface area contributed by atoms with Crippen LogP contribution in [0.2, 0.25) is 0 Å². The van der Waals surface area contributed by atoms with Crippen LogP contribution in [0.1, 0.15) is 62.4 Å². The van der Waals surface area contributed by atoms with Crippen molar-refractivity contribution in [1.82, 2.24) is 15.5 Å². The van der Waals surface area contributed by atoms with Crippen LogP contribution in [-0.2, 0) is 22.4 Å². The Kier molecular flexibility index (Phi) is 9.65. The van der Waals surface area contributed by atoms with Crippen molar-refractivity contribution in [2.75, 3.05) is 13.2 Å². The fraction of sp³-hybridized carbons (Fsp3) is 0.615. The lowest BCUT2D eigenvalue weighted by Crippen LogP contribution is -2.58. The van der Waals surface area contributed by atoms with Crippen molar-refractivity contribution >= 4 is 5.91 Å². The second kappa shape index (κ2) is 12.3. The van der Waals surface area contributed by atoms with Crippen LogP contribution in [0.5, 0.6) is 5.88 Å². The van der Waals surface area contributed by atoms with E-state index in [9.17, 15) is 29.6 Å². The van der Waals surface area contributed by atoms with E-state index in [2.05, 4.69) is 15.5 Å². The van der Waals surface area contributed by atoms with Gasteiger partial charge in [-0.15, -0.1) is 5.10 Å². The molecule has 6 N–H and O–H groups in total. The zero-order valence-corrected chi connectivity index (χ0v) is 21.6. The average Bonchev–Trinajstić information content (AvgIpc) is 3.25. The summed E-state index contributed by atoms with van der Waals surface area (Å²) in [6.07, 6.45) is -6.85. The molecule has 5 unspecified atom stereocenters. The van der Waals surface area contributed by atoms with Crippen molar-refractivity contribution in [3.8, 4) is 5.88 Å². The molecule has 3 rings (SSSR count). The van der Waals surface area contributed by atoms with Gasteiger partial charge in [-0.05, 0) is 37.3 Å². The maximum absolute atomic E-state index is 14.1. The van der Waals surface area contributed by atoms with E-state index in [4.69, 9.17) is 9.47 Å². The number of ether oxygens (including phenoxy) is 2. The topological polar surface area (TPSA) is 157 Å². The number of aromatic amines is 1. The van der Waals surface area contributed by atoms with Gasteiger partial charge in [0.1, 0.15) is 18.3 Å². The van der Waals surface area contributed by atoms with Gasteiger partial charge in [0.15, 0.2) is 6.17 Å². The van der Waals surface area contributed by atoms with Gasteiger partial charge in [-0.3, -0.25) is 9.89 Å². The lowest BCUT2D eigenvalue weighted by atomic mass is 9.98. The SMILES string of the molecule is CC(C)c1[nH]nc(OC2OC(CO)C(F)C(O)C2O)c1Cc1ccc(CCC(=O)NC(C)(C)CO)cc1. The third-order valence-electron chi connectivity index (χ3n) is 6.38. The van der Waals surface area contributed by atoms with Crippen LogP contribution >= 0.6 is 0 Å². The first-order valence-corrected chi connectivity index (χ1v) is 12.5. The molecular weight excluding hydrogens is 485 g/mol. The number of amides is 1. The van der Waals surface area contributed by atoms with Gasteiger partial charge in [0.25, 0.3) is 0 Å². The van der Waals surface area contributed by atoms with E-state index in [1.54, 1.807) is 13.8 Å². The summed E-state index contributed by atoms with van der Waals surface area (Å²) in [6, 6.07) is 7.76. The molecule has 1 fully saturated rings. The second-order valence-electron chi connectivity index (χ2n) is 10.4. The Morgan fingerprint density at radius 2 is 1.84 bits per heavy atom. The zero-order valence-electron chi connectivity index (χ0n) is 21.6. The summed E-state index contributed by atoms with van der Waals surface area (Å²) >= 11 is 0. The van der Waals surface area contributed by atoms with Gasteiger partial charge in [-0.2, -0.15) is 0 Å². The first-order valence-electron chi connectivity index (χ1n) is 12.5. The van der Waals surface area contributed by atoms with E-state index >= 15 is 0 Å². The number of carbonyl (C=O) groups excluding carboxylic acids is 1. The fourth-order valence-electron chi connectivity index (χ4n) is 4.12. The number of hydrogen-bond donors (Lipinski definition) is 6. The smallest absolute Gasteiger partial charge is 0.238 e. The summed E-state index contributed by atoms with van der Waals surface area (Å²) in [5.74, 6) is 0.0925. The molecule has 0 saturated carbocycles. The zero-order chi connectivity index (χ0) is 27.3. The summed E-state index contributed by atoms with van der Waals surface area (Å²) in [7, 11) is 0. The molecule has 1 aliphatic rings. The van der Waals surface area contributed by atoms with Crippen LogP contribution in [0, 0.1) is 0 Å². The van der Waals surface area contributed by atoms with Gasteiger partial charge in [-0.25, -0.2) is 4.39 Å². The van der Waals surface area contributed by atoms with Crippen LogP contribution in [0.15, 0.2) is 24.3 Å². The lowest BCUT2D eigenvalue weighted by Gasteiger charge is -2.38. The Balaban J connectivity index is 1.70. The van der Waals surface area contributed by atoms with Crippen LogP contribution in [0.4, 0.5) is 4.39 Å². The highest BCUT2D eigenvalue weighted by atomic mass is 19.1. The van der Waals surface area contributed by atoms with Crippen LogP contribution in [0.3, 0.4) is 0 Å². The minimum atomic E-state index is -1.95. The molecule has 5 atom stereocenters. The fourth-order valence-corrected chi connectivity index (χ4v) is 4.12. The number of aromatic nitrogens is 2. The monoisotopic (exact) mass is 523 g/mol. The number of benzene rings is 1. The number of aryl methyl sites for hydroxylation is 1.